The molecule has 3 rings (SSSR count). The molecule has 2 aromatic rings. The number of nitrogens with zero attached hydrogens (tertiary/aromatic N) is 1. The van der Waals surface area contributed by atoms with Crippen LogP contribution in [0.25, 0.3) is 0 Å². The first-order chi connectivity index (χ1) is 12.6. The summed E-state index contributed by atoms with van der Waals surface area (Å²) < 4.78 is 5.75. The normalized spacial score (nSPS) is 19.5. The van der Waals surface area contributed by atoms with Gasteiger partial charge in [0, 0.05) is 24.6 Å². The van der Waals surface area contributed by atoms with Crippen molar-refractivity contribution in [1.29, 1.82) is 0 Å². The molecule has 138 valence electrons. The zero-order chi connectivity index (χ0) is 18.4. The van der Waals surface area contributed by atoms with E-state index in [9.17, 15) is 4.79 Å². The highest BCUT2D eigenvalue weighted by Crippen LogP contribution is 2.15. The molecule has 0 aromatic heterocycles. The number of benzene rings is 2. The third-order valence-electron chi connectivity index (χ3n) is 4.24. The predicted molar refractivity (Wildman–Crippen MR) is 102 cm³/mol. The highest BCUT2D eigenvalue weighted by Gasteiger charge is 2.25. The Morgan fingerprint density at radius 1 is 1.12 bits per heavy atom. The Hall–Kier alpha value is -2.41. The van der Waals surface area contributed by atoms with Crippen LogP contribution in [0.1, 0.15) is 22.3 Å². The molecule has 6 heteroatoms. The van der Waals surface area contributed by atoms with Crippen LogP contribution in [0.5, 0.6) is 5.75 Å². The van der Waals surface area contributed by atoms with E-state index in [2.05, 4.69) is 21.1 Å². The molecule has 0 radical (unpaired) electrons. The van der Waals surface area contributed by atoms with Gasteiger partial charge in [0.1, 0.15) is 12.4 Å². The van der Waals surface area contributed by atoms with Crippen molar-refractivity contribution in [2.75, 3.05) is 20.6 Å². The maximum Gasteiger partial charge on any atom is 0.252 e. The van der Waals surface area contributed by atoms with Gasteiger partial charge >= 0.3 is 0 Å². The molecule has 26 heavy (non-hydrogen) atoms. The van der Waals surface area contributed by atoms with Gasteiger partial charge in [-0.1, -0.05) is 30.3 Å². The number of hydrogen-bond donors (Lipinski definition) is 3. The number of likely N-dealkylation sites (N-methyl/N-ethyl adjacent to an activating group) is 1. The van der Waals surface area contributed by atoms with Gasteiger partial charge in [-0.2, -0.15) is 0 Å². The van der Waals surface area contributed by atoms with E-state index in [4.69, 9.17) is 4.74 Å². The minimum atomic E-state index is -0.0931. The molecule has 0 aliphatic carbocycles. The van der Waals surface area contributed by atoms with E-state index in [1.165, 1.54) is 0 Å². The molecule has 2 unspecified atom stereocenters. The molecule has 1 aliphatic rings. The van der Waals surface area contributed by atoms with Gasteiger partial charge in [0.15, 0.2) is 0 Å². The molecule has 3 N–H and O–H groups in total. The smallest absolute Gasteiger partial charge is 0.252 e. The Morgan fingerprint density at radius 2 is 1.85 bits per heavy atom. The summed E-state index contributed by atoms with van der Waals surface area (Å²) in [5.74, 6) is 0.654. The second-order valence-electron chi connectivity index (χ2n) is 6.81. The second kappa shape index (κ2) is 8.80. The van der Waals surface area contributed by atoms with Crippen LogP contribution in [0.4, 0.5) is 0 Å². The lowest BCUT2D eigenvalue weighted by Crippen LogP contribution is -2.44. The van der Waals surface area contributed by atoms with E-state index >= 15 is 0 Å². The van der Waals surface area contributed by atoms with Crippen LogP contribution in [0.2, 0.25) is 0 Å². The zero-order valence-corrected chi connectivity index (χ0v) is 15.2. The number of carbonyl (C=O) groups is 1. The number of amides is 1. The molecule has 0 spiro atoms. The quantitative estimate of drug-likeness (QED) is 0.707. The van der Waals surface area contributed by atoms with Crippen LogP contribution in [0, 0.1) is 0 Å². The molecule has 2 atom stereocenters. The topological polar surface area (TPSA) is 65.6 Å². The molecule has 1 fully saturated rings. The van der Waals surface area contributed by atoms with Gasteiger partial charge in [-0.05, 0) is 43.9 Å². The van der Waals surface area contributed by atoms with Crippen molar-refractivity contribution in [1.82, 2.24) is 21.1 Å². The van der Waals surface area contributed by atoms with Gasteiger partial charge in [-0.15, -0.1) is 0 Å². The number of ether oxygens (including phenoxy) is 1. The minimum absolute atomic E-state index is 0.0681. The van der Waals surface area contributed by atoms with Crippen LogP contribution in [-0.4, -0.2) is 43.7 Å². The fourth-order valence-electron chi connectivity index (χ4n) is 2.96. The SMILES string of the molecule is CN(C)CC1CC(NC(=O)c2ccc(OCc3ccccc3)cc2)NN1. The highest BCUT2D eigenvalue weighted by molar-refractivity contribution is 5.94. The van der Waals surface area contributed by atoms with Crippen LogP contribution >= 0.6 is 0 Å². The first-order valence-electron chi connectivity index (χ1n) is 8.83. The molecule has 1 aliphatic heterocycles. The van der Waals surface area contributed by atoms with Crippen molar-refractivity contribution >= 4 is 5.91 Å². The second-order valence-corrected chi connectivity index (χ2v) is 6.81. The number of hydrogen-bond acceptors (Lipinski definition) is 5. The highest BCUT2D eigenvalue weighted by atomic mass is 16.5. The molecule has 0 saturated carbocycles. The summed E-state index contributed by atoms with van der Waals surface area (Å²) >= 11 is 0. The molecular weight excluding hydrogens is 328 g/mol. The Labute approximate surface area is 154 Å². The van der Waals surface area contributed by atoms with Crippen LogP contribution < -0.4 is 20.9 Å². The van der Waals surface area contributed by atoms with E-state index in [1.807, 2.05) is 56.6 Å². The molecular formula is C20H26N4O2. The summed E-state index contributed by atoms with van der Waals surface area (Å²) in [5, 5.41) is 3.00. The minimum Gasteiger partial charge on any atom is -0.489 e. The third kappa shape index (κ3) is 5.29. The van der Waals surface area contributed by atoms with Gasteiger partial charge in [-0.25, -0.2) is 5.43 Å². The number of carbonyl (C=O) groups excluding carboxylic acids is 1. The average molecular weight is 354 g/mol. The van der Waals surface area contributed by atoms with E-state index < -0.39 is 0 Å². The first-order valence-corrected chi connectivity index (χ1v) is 8.83. The van der Waals surface area contributed by atoms with Gasteiger partial charge < -0.3 is 15.0 Å². The molecule has 6 nitrogen and oxygen atoms in total. The van der Waals surface area contributed by atoms with E-state index in [0.717, 1.165) is 24.3 Å². The van der Waals surface area contributed by atoms with Crippen molar-refractivity contribution in [3.63, 3.8) is 0 Å². The van der Waals surface area contributed by atoms with Gasteiger partial charge in [0.25, 0.3) is 5.91 Å². The van der Waals surface area contributed by atoms with E-state index in [1.54, 1.807) is 12.1 Å². The maximum absolute atomic E-state index is 12.4. The number of rotatable bonds is 7. The summed E-state index contributed by atoms with van der Waals surface area (Å²) in [4.78, 5) is 14.5. The summed E-state index contributed by atoms with van der Waals surface area (Å²) in [6, 6.07) is 17.5. The summed E-state index contributed by atoms with van der Waals surface area (Å²) in [6.07, 6.45) is 0.781. The molecule has 1 amide bonds. The maximum atomic E-state index is 12.4. The fourth-order valence-corrected chi connectivity index (χ4v) is 2.96. The van der Waals surface area contributed by atoms with Crippen molar-refractivity contribution < 1.29 is 9.53 Å². The molecule has 1 saturated heterocycles. The van der Waals surface area contributed by atoms with Crippen LogP contribution in [0.15, 0.2) is 54.6 Å². The van der Waals surface area contributed by atoms with Crippen LogP contribution in [-0.2, 0) is 6.61 Å². The van der Waals surface area contributed by atoms with Crippen molar-refractivity contribution in [2.45, 2.75) is 25.2 Å². The number of nitrogens with one attached hydrogen (secondary N) is 3. The molecule has 2 aromatic carbocycles. The molecule has 0 bridgehead atoms. The Kier molecular flexibility index (Phi) is 6.22. The van der Waals surface area contributed by atoms with Gasteiger partial charge in [0.2, 0.25) is 0 Å². The Balaban J connectivity index is 1.48. The Bertz CT molecular complexity index is 704. The zero-order valence-electron chi connectivity index (χ0n) is 15.2. The predicted octanol–water partition coefficient (Wildman–Crippen LogP) is 1.75. The lowest BCUT2D eigenvalue weighted by molar-refractivity contribution is 0.0932. The van der Waals surface area contributed by atoms with E-state index in [0.29, 0.717) is 18.2 Å². The third-order valence-corrected chi connectivity index (χ3v) is 4.24. The largest absolute Gasteiger partial charge is 0.489 e. The lowest BCUT2D eigenvalue weighted by atomic mass is 10.1. The fraction of sp³-hybridized carbons (Fsp3) is 0.350. The van der Waals surface area contributed by atoms with Crippen LogP contribution in [0.3, 0.4) is 0 Å². The lowest BCUT2D eigenvalue weighted by Gasteiger charge is -2.15. The molecule has 1 heterocycles. The van der Waals surface area contributed by atoms with Gasteiger partial charge in [0.05, 0.1) is 6.17 Å². The van der Waals surface area contributed by atoms with Crippen molar-refractivity contribution in [2.24, 2.45) is 0 Å². The van der Waals surface area contributed by atoms with Crippen molar-refractivity contribution in [3.05, 3.63) is 65.7 Å². The van der Waals surface area contributed by atoms with Crippen molar-refractivity contribution in [3.8, 4) is 5.75 Å². The summed E-state index contributed by atoms with van der Waals surface area (Å²) in [7, 11) is 4.07. The first kappa shape index (κ1) is 18.4. The Morgan fingerprint density at radius 3 is 2.54 bits per heavy atom. The standard InChI is InChI=1S/C20H26N4O2/c1-24(2)13-17-12-19(23-22-17)21-20(25)16-8-10-18(11-9-16)26-14-15-6-4-3-5-7-15/h3-11,17,19,22-23H,12-14H2,1-2H3,(H,21,25). The van der Waals surface area contributed by atoms with Gasteiger partial charge in [-0.3, -0.25) is 10.2 Å². The summed E-state index contributed by atoms with van der Waals surface area (Å²) in [6.45, 7) is 1.43. The van der Waals surface area contributed by atoms with E-state index in [-0.39, 0.29) is 12.1 Å². The average Bonchev–Trinajstić information content (AvgIpc) is 3.07. The summed E-state index contributed by atoms with van der Waals surface area (Å²) in [5.41, 5.74) is 8.07. The monoisotopic (exact) mass is 354 g/mol. The number of hydrazine groups is 1.